The average Bonchev–Trinajstić information content (AvgIpc) is 3.35. The van der Waals surface area contributed by atoms with E-state index in [0.717, 1.165) is 61.9 Å². The van der Waals surface area contributed by atoms with Gasteiger partial charge in [-0.15, -0.1) is 0 Å². The lowest BCUT2D eigenvalue weighted by Gasteiger charge is -2.23. The average molecular weight is 377 g/mol. The lowest BCUT2D eigenvalue weighted by molar-refractivity contribution is 0.182. The van der Waals surface area contributed by atoms with Crippen molar-refractivity contribution in [2.45, 2.75) is 57.0 Å². The first kappa shape index (κ1) is 17.4. The van der Waals surface area contributed by atoms with Crippen molar-refractivity contribution in [3.05, 3.63) is 50.6 Å². The van der Waals surface area contributed by atoms with Gasteiger partial charge >= 0.3 is 0 Å². The highest BCUT2D eigenvalue weighted by molar-refractivity contribution is 5.55. The number of aryl methyl sites for hydroxylation is 4. The summed E-state index contributed by atoms with van der Waals surface area (Å²) in [5.41, 5.74) is 4.84. The zero-order valence-electron chi connectivity index (χ0n) is 15.8. The Morgan fingerprint density at radius 2 is 1.86 bits per heavy atom. The minimum atomic E-state index is -0.207. The van der Waals surface area contributed by atoms with E-state index in [-0.39, 0.29) is 17.6 Å². The highest BCUT2D eigenvalue weighted by Gasteiger charge is 2.33. The molecule has 1 N–H and O–H groups in total. The zero-order chi connectivity index (χ0) is 19.1. The van der Waals surface area contributed by atoms with Crippen LogP contribution in [-0.2, 0) is 30.4 Å². The van der Waals surface area contributed by atoms with Crippen LogP contribution in [0.4, 0.5) is 5.82 Å². The number of ether oxygens (including phenoxy) is 1. The van der Waals surface area contributed by atoms with E-state index in [1.54, 1.807) is 10.7 Å². The molecule has 1 aliphatic heterocycles. The Balaban J connectivity index is 1.46. The molecule has 0 bridgehead atoms. The van der Waals surface area contributed by atoms with Gasteiger partial charge in [0, 0.05) is 11.8 Å². The number of fused-ring (bicyclic) bond motifs is 2. The maximum absolute atomic E-state index is 12.7. The second-order valence-corrected chi connectivity index (χ2v) is 7.92. The number of nitrogens with one attached hydrogen (secondary N) is 1. The molecule has 0 radical (unpaired) electrons. The van der Waals surface area contributed by atoms with E-state index < -0.39 is 0 Å². The molecule has 2 aromatic rings. The molecule has 5 rings (SSSR count). The number of anilines is 1. The number of nitriles is 1. The van der Waals surface area contributed by atoms with Crippen LogP contribution in [0.5, 0.6) is 0 Å². The van der Waals surface area contributed by atoms with Crippen LogP contribution in [0, 0.1) is 11.3 Å². The van der Waals surface area contributed by atoms with Gasteiger partial charge in [-0.2, -0.15) is 10.4 Å². The summed E-state index contributed by atoms with van der Waals surface area (Å²) in [7, 11) is 0. The van der Waals surface area contributed by atoms with Crippen LogP contribution < -0.4 is 10.9 Å². The fourth-order valence-electron chi connectivity index (χ4n) is 4.58. The molecule has 0 amide bonds. The summed E-state index contributed by atoms with van der Waals surface area (Å²) in [5.74, 6) is 0.592. The molecule has 0 saturated carbocycles. The minimum absolute atomic E-state index is 0.0784. The van der Waals surface area contributed by atoms with Crippen LogP contribution >= 0.6 is 0 Å². The molecule has 7 nitrogen and oxygen atoms in total. The topological polar surface area (TPSA) is 92.8 Å². The Hall–Kier alpha value is -2.72. The molecule has 3 aliphatic rings. The number of hydrogen-bond acceptors (Lipinski definition) is 6. The van der Waals surface area contributed by atoms with Gasteiger partial charge in [0.05, 0.1) is 30.5 Å². The van der Waals surface area contributed by atoms with Gasteiger partial charge in [-0.25, -0.2) is 9.67 Å². The van der Waals surface area contributed by atoms with E-state index in [1.807, 2.05) is 6.07 Å². The fourth-order valence-corrected chi connectivity index (χ4v) is 4.58. The first-order valence-corrected chi connectivity index (χ1v) is 10.1. The van der Waals surface area contributed by atoms with Crippen molar-refractivity contribution in [3.63, 3.8) is 0 Å². The van der Waals surface area contributed by atoms with Gasteiger partial charge in [0.15, 0.2) is 0 Å². The number of aromatic nitrogens is 3. The summed E-state index contributed by atoms with van der Waals surface area (Å²) in [6.07, 6.45) is 7.12. The molecular weight excluding hydrogens is 354 g/mol. The van der Waals surface area contributed by atoms with Crippen molar-refractivity contribution in [2.24, 2.45) is 0 Å². The summed E-state index contributed by atoms with van der Waals surface area (Å²) in [4.78, 5) is 17.4. The molecule has 2 atom stereocenters. The zero-order valence-corrected chi connectivity index (χ0v) is 15.8. The highest BCUT2D eigenvalue weighted by atomic mass is 16.5. The largest absolute Gasteiger partial charge is 0.377 e. The molecular formula is C21H23N5O2. The Morgan fingerprint density at radius 3 is 2.75 bits per heavy atom. The maximum atomic E-state index is 12.7. The summed E-state index contributed by atoms with van der Waals surface area (Å²) in [6, 6.07) is 5.59. The molecule has 0 aromatic carbocycles. The first-order valence-electron chi connectivity index (χ1n) is 10.1. The van der Waals surface area contributed by atoms with Crippen molar-refractivity contribution in [3.8, 4) is 6.07 Å². The van der Waals surface area contributed by atoms with Crippen molar-refractivity contribution in [2.75, 3.05) is 18.5 Å². The Bertz CT molecular complexity index is 1020. The molecule has 28 heavy (non-hydrogen) atoms. The molecule has 0 spiro atoms. The van der Waals surface area contributed by atoms with E-state index >= 15 is 0 Å². The number of nitrogens with zero attached hydrogens (tertiary/aromatic N) is 4. The lowest BCUT2D eigenvalue weighted by Crippen LogP contribution is -2.38. The molecule has 1 fully saturated rings. The first-order chi connectivity index (χ1) is 13.7. The lowest BCUT2D eigenvalue weighted by atomic mass is 9.97. The Morgan fingerprint density at radius 1 is 1.07 bits per heavy atom. The normalized spacial score (nSPS) is 23.1. The molecule has 2 aliphatic carbocycles. The predicted octanol–water partition coefficient (Wildman–Crippen LogP) is 1.93. The van der Waals surface area contributed by atoms with Gasteiger partial charge in [-0.1, -0.05) is 0 Å². The van der Waals surface area contributed by atoms with Crippen molar-refractivity contribution in [1.29, 1.82) is 5.26 Å². The summed E-state index contributed by atoms with van der Waals surface area (Å²) >= 11 is 0. The summed E-state index contributed by atoms with van der Waals surface area (Å²) in [5, 5.41) is 17.6. The van der Waals surface area contributed by atoms with Gasteiger partial charge in [-0.05, 0) is 62.1 Å². The fraction of sp³-hybridized carbons (Fsp3) is 0.524. The van der Waals surface area contributed by atoms with E-state index in [0.29, 0.717) is 24.6 Å². The standard InChI is InChI=1S/C21H23N5O2/c22-10-15-8-13-5-3-7-16(13)23-21(15)24-18-11-28-12-19(18)26-20(27)9-14-4-1-2-6-17(14)25-26/h8-9,18-19H,1-7,11-12H2,(H,23,24). The predicted molar refractivity (Wildman–Crippen MR) is 103 cm³/mol. The second-order valence-electron chi connectivity index (χ2n) is 7.92. The van der Waals surface area contributed by atoms with Gasteiger partial charge in [0.25, 0.3) is 5.56 Å². The molecule has 2 unspecified atom stereocenters. The molecule has 7 heteroatoms. The van der Waals surface area contributed by atoms with E-state index in [2.05, 4.69) is 16.5 Å². The number of rotatable bonds is 3. The minimum Gasteiger partial charge on any atom is -0.377 e. The van der Waals surface area contributed by atoms with Gasteiger partial charge in [0.2, 0.25) is 0 Å². The molecule has 1 saturated heterocycles. The molecule has 2 aromatic heterocycles. The van der Waals surface area contributed by atoms with Crippen molar-refractivity contribution in [1.82, 2.24) is 14.8 Å². The monoisotopic (exact) mass is 377 g/mol. The Kier molecular flexibility index (Phi) is 4.36. The second kappa shape index (κ2) is 7.02. The van der Waals surface area contributed by atoms with Crippen LogP contribution in [0.15, 0.2) is 16.9 Å². The van der Waals surface area contributed by atoms with Crippen LogP contribution in [-0.4, -0.2) is 34.0 Å². The summed E-state index contributed by atoms with van der Waals surface area (Å²) in [6.45, 7) is 0.885. The van der Waals surface area contributed by atoms with E-state index in [9.17, 15) is 10.1 Å². The Labute approximate surface area is 163 Å². The number of hydrogen-bond donors (Lipinski definition) is 1. The quantitative estimate of drug-likeness (QED) is 0.879. The van der Waals surface area contributed by atoms with Gasteiger partial charge in [0.1, 0.15) is 17.9 Å². The number of pyridine rings is 1. The maximum Gasteiger partial charge on any atom is 0.267 e. The SMILES string of the molecule is N#Cc1cc2c(nc1NC1COCC1n1nc3c(cc1=O)CCCC3)CCC2. The molecule has 3 heterocycles. The highest BCUT2D eigenvalue weighted by Crippen LogP contribution is 2.28. The molecule has 144 valence electrons. The van der Waals surface area contributed by atoms with Gasteiger partial charge < -0.3 is 10.1 Å². The van der Waals surface area contributed by atoms with Crippen molar-refractivity contribution < 1.29 is 4.74 Å². The smallest absolute Gasteiger partial charge is 0.267 e. The summed E-state index contributed by atoms with van der Waals surface area (Å²) < 4.78 is 7.27. The third kappa shape index (κ3) is 2.98. The van der Waals surface area contributed by atoms with Crippen LogP contribution in [0.1, 0.15) is 53.4 Å². The van der Waals surface area contributed by atoms with E-state index in [4.69, 9.17) is 9.72 Å². The van der Waals surface area contributed by atoms with Crippen LogP contribution in [0.2, 0.25) is 0 Å². The third-order valence-corrected chi connectivity index (χ3v) is 6.09. The van der Waals surface area contributed by atoms with Crippen LogP contribution in [0.25, 0.3) is 0 Å². The third-order valence-electron chi connectivity index (χ3n) is 6.09. The van der Waals surface area contributed by atoms with Gasteiger partial charge in [-0.3, -0.25) is 4.79 Å². The van der Waals surface area contributed by atoms with E-state index in [1.165, 1.54) is 5.56 Å². The van der Waals surface area contributed by atoms with Crippen molar-refractivity contribution >= 4 is 5.82 Å². The van der Waals surface area contributed by atoms with Crippen LogP contribution in [0.3, 0.4) is 0 Å².